The lowest BCUT2D eigenvalue weighted by Gasteiger charge is -2.10. The quantitative estimate of drug-likeness (QED) is 0.326. The van der Waals surface area contributed by atoms with E-state index in [1.54, 1.807) is 24.4 Å². The van der Waals surface area contributed by atoms with Gasteiger partial charge in [-0.1, -0.05) is 0 Å². The molecule has 0 unspecified atom stereocenters. The lowest BCUT2D eigenvalue weighted by molar-refractivity contribution is 0.100. The molecule has 0 fully saturated rings. The molecule has 30 heavy (non-hydrogen) atoms. The first-order chi connectivity index (χ1) is 14.5. The molecular formula is C22H18FN5OS. The van der Waals surface area contributed by atoms with Crippen LogP contribution in [0.4, 0.5) is 4.39 Å². The smallest absolute Gasteiger partial charge is 0.186 e. The number of aromatic nitrogens is 2. The minimum Gasteiger partial charge on any atom is -0.398 e. The van der Waals surface area contributed by atoms with Crippen LogP contribution in [0.3, 0.4) is 0 Å². The third-order valence-electron chi connectivity index (χ3n) is 4.73. The van der Waals surface area contributed by atoms with Crippen LogP contribution in [0.25, 0.3) is 27.5 Å². The first-order valence-corrected chi connectivity index (χ1v) is 9.90. The second kappa shape index (κ2) is 8.02. The molecule has 3 aromatic heterocycles. The number of nitrogens with two attached hydrogens (primary N) is 2. The Labute approximate surface area is 175 Å². The summed E-state index contributed by atoms with van der Waals surface area (Å²) in [5, 5.41) is 7.87. The highest BCUT2D eigenvalue weighted by Gasteiger charge is 2.14. The van der Waals surface area contributed by atoms with Crippen molar-refractivity contribution >= 4 is 40.3 Å². The van der Waals surface area contributed by atoms with Crippen molar-refractivity contribution in [2.45, 2.75) is 0 Å². The molecule has 6 nitrogen and oxygen atoms in total. The van der Waals surface area contributed by atoms with Crippen LogP contribution in [0.2, 0.25) is 0 Å². The number of Topliss-reactive ketones (excluding diaryl/α,β-unsaturated/α-hetero) is 1. The lowest BCUT2D eigenvalue weighted by atomic mass is 10.0. The van der Waals surface area contributed by atoms with Crippen LogP contribution < -0.4 is 11.5 Å². The molecule has 0 spiro atoms. The molecule has 0 aliphatic heterocycles. The number of nitrogens with one attached hydrogen (secondary N) is 1. The van der Waals surface area contributed by atoms with E-state index < -0.39 is 0 Å². The molecule has 0 aliphatic rings. The van der Waals surface area contributed by atoms with Gasteiger partial charge in [-0.25, -0.2) is 9.37 Å². The molecule has 5 N–H and O–H groups in total. The SMILES string of the molecule is N=CC(=C(N)c1ccc(F)cc1)c1ccc2ncc(-c3ccc(C(=O)CN)s3)n2c1. The Hall–Kier alpha value is -3.62. The van der Waals surface area contributed by atoms with Crippen LogP contribution in [0.5, 0.6) is 0 Å². The van der Waals surface area contributed by atoms with Crippen molar-refractivity contribution in [2.24, 2.45) is 11.5 Å². The molecule has 150 valence electrons. The normalized spacial score (nSPS) is 12.1. The van der Waals surface area contributed by atoms with Gasteiger partial charge in [0, 0.05) is 29.2 Å². The van der Waals surface area contributed by atoms with E-state index in [-0.39, 0.29) is 18.1 Å². The van der Waals surface area contributed by atoms with E-state index in [9.17, 15) is 9.18 Å². The molecule has 0 radical (unpaired) electrons. The maximum atomic E-state index is 13.2. The monoisotopic (exact) mass is 419 g/mol. The molecule has 0 aliphatic carbocycles. The highest BCUT2D eigenvalue weighted by Crippen LogP contribution is 2.30. The van der Waals surface area contributed by atoms with E-state index in [0.717, 1.165) is 16.2 Å². The Morgan fingerprint density at radius 3 is 2.57 bits per heavy atom. The zero-order valence-corrected chi connectivity index (χ0v) is 16.6. The Morgan fingerprint density at radius 1 is 1.13 bits per heavy atom. The van der Waals surface area contributed by atoms with Crippen molar-refractivity contribution in [1.82, 2.24) is 9.38 Å². The Kier molecular flexibility index (Phi) is 5.26. The van der Waals surface area contributed by atoms with E-state index in [4.69, 9.17) is 16.9 Å². The number of halogens is 1. The van der Waals surface area contributed by atoms with Crippen molar-refractivity contribution in [2.75, 3.05) is 6.54 Å². The molecular weight excluding hydrogens is 401 g/mol. The average molecular weight is 419 g/mol. The largest absolute Gasteiger partial charge is 0.398 e. The second-order valence-corrected chi connectivity index (χ2v) is 7.64. The third-order valence-corrected chi connectivity index (χ3v) is 5.87. The maximum absolute atomic E-state index is 13.2. The maximum Gasteiger partial charge on any atom is 0.186 e. The van der Waals surface area contributed by atoms with Crippen LogP contribution in [0.1, 0.15) is 20.8 Å². The van der Waals surface area contributed by atoms with Crippen LogP contribution in [-0.2, 0) is 0 Å². The summed E-state index contributed by atoms with van der Waals surface area (Å²) >= 11 is 1.36. The summed E-state index contributed by atoms with van der Waals surface area (Å²) in [6, 6.07) is 13.1. The number of allylic oxidation sites excluding steroid dienone is 1. The summed E-state index contributed by atoms with van der Waals surface area (Å²) in [7, 11) is 0. The van der Waals surface area contributed by atoms with E-state index in [0.29, 0.717) is 27.3 Å². The van der Waals surface area contributed by atoms with Crippen molar-refractivity contribution in [3.63, 3.8) is 0 Å². The van der Waals surface area contributed by atoms with Crippen molar-refractivity contribution in [3.05, 3.63) is 82.7 Å². The lowest BCUT2D eigenvalue weighted by Crippen LogP contribution is -2.11. The van der Waals surface area contributed by atoms with Gasteiger partial charge in [-0.3, -0.25) is 9.20 Å². The number of ketones is 1. The van der Waals surface area contributed by atoms with Crippen LogP contribution >= 0.6 is 11.3 Å². The van der Waals surface area contributed by atoms with E-state index in [1.165, 1.54) is 29.7 Å². The van der Waals surface area contributed by atoms with Gasteiger partial charge in [0.2, 0.25) is 0 Å². The molecule has 0 saturated heterocycles. The van der Waals surface area contributed by atoms with Gasteiger partial charge >= 0.3 is 0 Å². The first-order valence-electron chi connectivity index (χ1n) is 9.09. The Balaban J connectivity index is 1.81. The predicted octanol–water partition coefficient (Wildman–Crippen LogP) is 3.82. The van der Waals surface area contributed by atoms with Crippen LogP contribution in [0.15, 0.2) is 60.9 Å². The van der Waals surface area contributed by atoms with Gasteiger partial charge in [0.05, 0.1) is 28.2 Å². The summed E-state index contributed by atoms with van der Waals surface area (Å²) < 4.78 is 15.1. The molecule has 0 bridgehead atoms. The summed E-state index contributed by atoms with van der Waals surface area (Å²) in [6.45, 7) is -0.0343. The van der Waals surface area contributed by atoms with Gasteiger partial charge < -0.3 is 16.9 Å². The number of fused-ring (bicyclic) bond motifs is 1. The van der Waals surface area contributed by atoms with E-state index in [1.807, 2.05) is 28.8 Å². The third kappa shape index (κ3) is 3.54. The number of carbonyl (C=O) groups excluding carboxylic acids is 1. The summed E-state index contributed by atoms with van der Waals surface area (Å²) in [5.74, 6) is -0.460. The van der Waals surface area contributed by atoms with E-state index >= 15 is 0 Å². The standard InChI is InChI=1S/C22H18FN5OS/c23-15-4-1-13(2-5-15)22(26)16(9-24)14-3-8-21-27-11-17(28(21)12-14)19-6-7-20(30-19)18(29)10-25/h1-9,11-12,24H,10,25-26H2. The summed E-state index contributed by atoms with van der Waals surface area (Å²) in [5.41, 5.74) is 15.5. The highest BCUT2D eigenvalue weighted by molar-refractivity contribution is 7.17. The summed E-state index contributed by atoms with van der Waals surface area (Å²) in [6.07, 6.45) is 4.76. The molecule has 0 saturated carbocycles. The molecule has 4 aromatic rings. The first kappa shape index (κ1) is 19.7. The number of carbonyl (C=O) groups is 1. The zero-order chi connectivity index (χ0) is 21.3. The zero-order valence-electron chi connectivity index (χ0n) is 15.8. The van der Waals surface area contributed by atoms with Crippen molar-refractivity contribution in [1.29, 1.82) is 5.41 Å². The predicted molar refractivity (Wildman–Crippen MR) is 118 cm³/mol. The highest BCUT2D eigenvalue weighted by atomic mass is 32.1. The average Bonchev–Trinajstić information content (AvgIpc) is 3.41. The van der Waals surface area contributed by atoms with Gasteiger partial charge in [0.25, 0.3) is 0 Å². The van der Waals surface area contributed by atoms with E-state index in [2.05, 4.69) is 4.98 Å². The van der Waals surface area contributed by atoms with Gasteiger partial charge in [-0.2, -0.15) is 0 Å². The second-order valence-electron chi connectivity index (χ2n) is 6.56. The number of imidazole rings is 1. The number of benzene rings is 1. The van der Waals surface area contributed by atoms with Gasteiger partial charge in [0.1, 0.15) is 11.5 Å². The number of nitrogens with zero attached hydrogens (tertiary/aromatic N) is 2. The molecule has 4 rings (SSSR count). The molecule has 1 aromatic carbocycles. The summed E-state index contributed by atoms with van der Waals surface area (Å²) in [4.78, 5) is 17.8. The fourth-order valence-electron chi connectivity index (χ4n) is 3.15. The topological polar surface area (TPSA) is 110 Å². The molecule has 3 heterocycles. The fraction of sp³-hybridized carbons (Fsp3) is 0.0455. The molecule has 8 heteroatoms. The van der Waals surface area contributed by atoms with Gasteiger partial charge in [-0.05, 0) is 54.1 Å². The van der Waals surface area contributed by atoms with Gasteiger partial charge in [-0.15, -0.1) is 11.3 Å². The minimum absolute atomic E-state index is 0.0343. The van der Waals surface area contributed by atoms with Crippen molar-refractivity contribution in [3.8, 4) is 10.6 Å². The number of hydrogen-bond donors (Lipinski definition) is 3. The molecule has 0 atom stereocenters. The number of thiophene rings is 1. The number of rotatable bonds is 6. The van der Waals surface area contributed by atoms with Crippen LogP contribution in [0, 0.1) is 11.2 Å². The number of hydrogen-bond acceptors (Lipinski definition) is 6. The molecule has 0 amide bonds. The Bertz CT molecular complexity index is 1290. The fourth-order valence-corrected chi connectivity index (χ4v) is 4.11. The Morgan fingerprint density at radius 2 is 1.87 bits per heavy atom. The van der Waals surface area contributed by atoms with Gasteiger partial charge in [0.15, 0.2) is 5.78 Å². The van der Waals surface area contributed by atoms with Crippen LogP contribution in [-0.4, -0.2) is 27.9 Å². The van der Waals surface area contributed by atoms with Crippen molar-refractivity contribution < 1.29 is 9.18 Å². The number of pyridine rings is 1. The minimum atomic E-state index is -0.351.